The fourth-order valence-corrected chi connectivity index (χ4v) is 0.582. The molecule has 48 valence electrons. The van der Waals surface area contributed by atoms with Crippen molar-refractivity contribution in [2.24, 2.45) is 9.98 Å². The van der Waals surface area contributed by atoms with Crippen LogP contribution in [-0.2, 0) is 0 Å². The molecule has 0 saturated carbocycles. The minimum absolute atomic E-state index is 0.0729. The lowest BCUT2D eigenvalue weighted by Crippen LogP contribution is -2.11. The van der Waals surface area contributed by atoms with Crippen LogP contribution in [0.3, 0.4) is 0 Å². The van der Waals surface area contributed by atoms with Gasteiger partial charge in [0.25, 0.3) is 0 Å². The predicted octanol–water partition coefficient (Wildman–Crippen LogP) is 1.43. The average Bonchev–Trinajstić information content (AvgIpc) is 1.92. The maximum absolute atomic E-state index is 4.19. The van der Waals surface area contributed by atoms with Crippen LogP contribution in [0.2, 0.25) is 0 Å². The maximum atomic E-state index is 4.19. The first kappa shape index (κ1) is 6.20. The Labute approximate surface area is 55.0 Å². The first-order valence-electron chi connectivity index (χ1n) is 2.95. The molecule has 0 fully saturated rings. The predicted molar refractivity (Wildman–Crippen MR) is 40.2 cm³/mol. The first-order valence-corrected chi connectivity index (χ1v) is 2.95. The lowest BCUT2D eigenvalue weighted by molar-refractivity contribution is 0.662. The summed E-state index contributed by atoms with van der Waals surface area (Å²) in [5, 5.41) is 0. The topological polar surface area (TPSA) is 24.7 Å². The summed E-state index contributed by atoms with van der Waals surface area (Å²) in [6, 6.07) is 0. The van der Waals surface area contributed by atoms with Crippen LogP contribution in [0.1, 0.15) is 13.8 Å². The van der Waals surface area contributed by atoms with E-state index in [9.17, 15) is 0 Å². The monoisotopic (exact) mass is 122 g/mol. The van der Waals surface area contributed by atoms with E-state index in [-0.39, 0.29) is 5.54 Å². The van der Waals surface area contributed by atoms with Gasteiger partial charge in [-0.3, -0.25) is 9.98 Å². The zero-order valence-corrected chi connectivity index (χ0v) is 5.70. The van der Waals surface area contributed by atoms with Gasteiger partial charge in [-0.2, -0.15) is 0 Å². The van der Waals surface area contributed by atoms with E-state index in [0.29, 0.717) is 0 Å². The lowest BCUT2D eigenvalue weighted by Gasteiger charge is -2.10. The Morgan fingerprint density at radius 1 is 1.22 bits per heavy atom. The van der Waals surface area contributed by atoms with Gasteiger partial charge in [0.2, 0.25) is 0 Å². The van der Waals surface area contributed by atoms with Crippen molar-refractivity contribution in [1.29, 1.82) is 0 Å². The SMILES string of the molecule is CC1(C)C=CN=CC=N1. The Morgan fingerprint density at radius 2 is 2.00 bits per heavy atom. The van der Waals surface area contributed by atoms with Gasteiger partial charge in [-0.1, -0.05) is 0 Å². The molecule has 0 aromatic rings. The van der Waals surface area contributed by atoms with Gasteiger partial charge in [-0.05, 0) is 19.9 Å². The Hall–Kier alpha value is -0.920. The van der Waals surface area contributed by atoms with Gasteiger partial charge in [0.05, 0.1) is 5.54 Å². The summed E-state index contributed by atoms with van der Waals surface area (Å²) in [7, 11) is 0. The molecular formula is C7H10N2. The van der Waals surface area contributed by atoms with E-state index in [1.54, 1.807) is 18.6 Å². The maximum Gasteiger partial charge on any atom is 0.0749 e. The number of hydrogen-bond donors (Lipinski definition) is 0. The summed E-state index contributed by atoms with van der Waals surface area (Å²) in [6.45, 7) is 4.07. The lowest BCUT2D eigenvalue weighted by atomic mass is 10.1. The molecule has 0 spiro atoms. The van der Waals surface area contributed by atoms with Crippen LogP contribution < -0.4 is 0 Å². The van der Waals surface area contributed by atoms with Crippen molar-refractivity contribution in [3.05, 3.63) is 12.3 Å². The highest BCUT2D eigenvalue weighted by atomic mass is 14.8. The van der Waals surface area contributed by atoms with Crippen molar-refractivity contribution >= 4 is 12.4 Å². The van der Waals surface area contributed by atoms with Gasteiger partial charge in [0, 0.05) is 18.6 Å². The molecular weight excluding hydrogens is 112 g/mol. The van der Waals surface area contributed by atoms with Gasteiger partial charge in [-0.15, -0.1) is 0 Å². The largest absolute Gasteiger partial charge is 0.281 e. The summed E-state index contributed by atoms with van der Waals surface area (Å²) in [4.78, 5) is 8.11. The fourth-order valence-electron chi connectivity index (χ4n) is 0.582. The van der Waals surface area contributed by atoms with E-state index in [4.69, 9.17) is 0 Å². The zero-order valence-electron chi connectivity index (χ0n) is 5.70. The number of rotatable bonds is 0. The highest BCUT2D eigenvalue weighted by molar-refractivity contribution is 6.16. The standard InChI is InChI=1S/C7H10N2/c1-7(2)3-4-8-5-6-9-7/h3-6H,1-2H3. The van der Waals surface area contributed by atoms with Crippen molar-refractivity contribution in [2.75, 3.05) is 0 Å². The molecule has 2 nitrogen and oxygen atoms in total. The zero-order chi connectivity index (χ0) is 6.74. The van der Waals surface area contributed by atoms with Crippen LogP contribution in [0, 0.1) is 0 Å². The van der Waals surface area contributed by atoms with Gasteiger partial charge >= 0.3 is 0 Å². The summed E-state index contributed by atoms with van der Waals surface area (Å²) in [6.07, 6.45) is 7.14. The molecule has 1 heterocycles. The molecule has 0 atom stereocenters. The van der Waals surface area contributed by atoms with Crippen molar-refractivity contribution < 1.29 is 0 Å². The van der Waals surface area contributed by atoms with Crippen LogP contribution in [0.4, 0.5) is 0 Å². The first-order chi connectivity index (χ1) is 4.21. The summed E-state index contributed by atoms with van der Waals surface area (Å²) < 4.78 is 0. The van der Waals surface area contributed by atoms with Gasteiger partial charge in [0.1, 0.15) is 0 Å². The number of hydrogen-bond acceptors (Lipinski definition) is 2. The molecule has 1 aliphatic heterocycles. The quantitative estimate of drug-likeness (QED) is 0.464. The van der Waals surface area contributed by atoms with E-state index in [1.165, 1.54) is 0 Å². The van der Waals surface area contributed by atoms with Crippen LogP contribution >= 0.6 is 0 Å². The van der Waals surface area contributed by atoms with Crippen molar-refractivity contribution in [3.8, 4) is 0 Å². The summed E-state index contributed by atoms with van der Waals surface area (Å²) in [5.74, 6) is 0. The Kier molecular flexibility index (Phi) is 1.47. The third-order valence-electron chi connectivity index (χ3n) is 1.13. The Morgan fingerprint density at radius 3 is 2.78 bits per heavy atom. The Bertz CT molecular complexity index is 157. The molecule has 0 bridgehead atoms. The van der Waals surface area contributed by atoms with Gasteiger partial charge < -0.3 is 0 Å². The highest BCUT2D eigenvalue weighted by Gasteiger charge is 2.09. The Balaban J connectivity index is 2.82. The molecule has 0 unspecified atom stereocenters. The fraction of sp³-hybridized carbons (Fsp3) is 0.429. The number of aliphatic imine (C=N–C) groups is 2. The van der Waals surface area contributed by atoms with Crippen molar-refractivity contribution in [1.82, 2.24) is 0 Å². The molecule has 1 rings (SSSR count). The van der Waals surface area contributed by atoms with Gasteiger partial charge in [-0.25, -0.2) is 0 Å². The van der Waals surface area contributed by atoms with Gasteiger partial charge in [0.15, 0.2) is 0 Å². The average molecular weight is 122 g/mol. The van der Waals surface area contributed by atoms with E-state index < -0.39 is 0 Å². The molecule has 2 heteroatoms. The van der Waals surface area contributed by atoms with E-state index in [0.717, 1.165) is 0 Å². The molecule has 0 radical (unpaired) electrons. The molecule has 1 aliphatic rings. The highest BCUT2D eigenvalue weighted by Crippen LogP contribution is 2.10. The smallest absolute Gasteiger partial charge is 0.0749 e. The second kappa shape index (κ2) is 2.13. The van der Waals surface area contributed by atoms with E-state index >= 15 is 0 Å². The molecule has 0 aliphatic carbocycles. The minimum atomic E-state index is -0.0729. The normalized spacial score (nSPS) is 22.0. The minimum Gasteiger partial charge on any atom is -0.281 e. The summed E-state index contributed by atoms with van der Waals surface area (Å²) in [5.41, 5.74) is -0.0729. The summed E-state index contributed by atoms with van der Waals surface area (Å²) >= 11 is 0. The third-order valence-corrected chi connectivity index (χ3v) is 1.13. The molecule has 0 aromatic carbocycles. The van der Waals surface area contributed by atoms with Crippen molar-refractivity contribution in [2.45, 2.75) is 19.4 Å². The molecule has 0 saturated heterocycles. The van der Waals surface area contributed by atoms with Crippen LogP contribution in [0.5, 0.6) is 0 Å². The van der Waals surface area contributed by atoms with Crippen LogP contribution in [0.15, 0.2) is 22.3 Å². The van der Waals surface area contributed by atoms with E-state index in [1.807, 2.05) is 19.9 Å². The number of nitrogens with zero attached hydrogens (tertiary/aromatic N) is 2. The van der Waals surface area contributed by atoms with Crippen molar-refractivity contribution in [3.63, 3.8) is 0 Å². The molecule has 0 N–H and O–H groups in total. The van der Waals surface area contributed by atoms with E-state index in [2.05, 4.69) is 9.98 Å². The molecule has 9 heavy (non-hydrogen) atoms. The molecule has 0 amide bonds. The second-order valence-electron chi connectivity index (χ2n) is 2.55. The molecule has 0 aromatic heterocycles. The van der Waals surface area contributed by atoms with Crippen LogP contribution in [0.25, 0.3) is 0 Å². The third kappa shape index (κ3) is 1.80. The second-order valence-corrected chi connectivity index (χ2v) is 2.55. The van der Waals surface area contributed by atoms with Crippen LogP contribution in [-0.4, -0.2) is 18.0 Å².